The quantitative estimate of drug-likeness (QED) is 0.700. The van der Waals surface area contributed by atoms with E-state index in [9.17, 15) is 5.11 Å². The van der Waals surface area contributed by atoms with Gasteiger partial charge in [-0.3, -0.25) is 0 Å². The number of halogens is 1. The first-order chi connectivity index (χ1) is 11.7. The highest BCUT2D eigenvalue weighted by Gasteiger charge is 2.31. The van der Waals surface area contributed by atoms with Crippen LogP contribution in [0.4, 0.5) is 0 Å². The fourth-order valence-electron chi connectivity index (χ4n) is 2.79. The Morgan fingerprint density at radius 3 is 1.92 bits per heavy atom. The van der Waals surface area contributed by atoms with Gasteiger partial charge in [-0.05, 0) is 28.8 Å². The summed E-state index contributed by atoms with van der Waals surface area (Å²) in [7, 11) is 0. The molecule has 0 radical (unpaired) electrons. The van der Waals surface area contributed by atoms with Gasteiger partial charge in [0.1, 0.15) is 5.60 Å². The lowest BCUT2D eigenvalue weighted by Crippen LogP contribution is -2.39. The molecule has 3 aromatic carbocycles. The van der Waals surface area contributed by atoms with E-state index < -0.39 is 5.60 Å². The van der Waals surface area contributed by atoms with Crippen LogP contribution in [0.15, 0.2) is 84.9 Å². The predicted molar refractivity (Wildman–Crippen MR) is 99.0 cm³/mol. The molecule has 2 nitrogen and oxygen atoms in total. The molecule has 0 heterocycles. The van der Waals surface area contributed by atoms with Gasteiger partial charge in [0.2, 0.25) is 0 Å². The number of hydrogen-bond acceptors (Lipinski definition) is 2. The van der Waals surface area contributed by atoms with Crippen molar-refractivity contribution in [3.05, 3.63) is 107 Å². The van der Waals surface area contributed by atoms with Crippen molar-refractivity contribution in [3.8, 4) is 0 Å². The van der Waals surface area contributed by atoms with E-state index in [1.807, 2.05) is 72.8 Å². The number of hydrogen-bond donors (Lipinski definition) is 2. The average Bonchev–Trinajstić information content (AvgIpc) is 2.64. The summed E-state index contributed by atoms with van der Waals surface area (Å²) < 4.78 is 0. The second-order valence-electron chi connectivity index (χ2n) is 5.82. The van der Waals surface area contributed by atoms with Gasteiger partial charge in [-0.1, -0.05) is 84.4 Å². The van der Waals surface area contributed by atoms with E-state index in [0.717, 1.165) is 11.1 Å². The van der Waals surface area contributed by atoms with Crippen molar-refractivity contribution in [2.45, 2.75) is 12.1 Å². The van der Waals surface area contributed by atoms with Gasteiger partial charge in [-0.25, -0.2) is 0 Å². The van der Waals surface area contributed by atoms with Crippen molar-refractivity contribution in [2.24, 2.45) is 0 Å². The molecular formula is C21H20ClNO. The van der Waals surface area contributed by atoms with Crippen LogP contribution in [0.3, 0.4) is 0 Å². The first kappa shape index (κ1) is 16.7. The molecule has 0 aromatic heterocycles. The third kappa shape index (κ3) is 3.85. The summed E-state index contributed by atoms with van der Waals surface area (Å²) in [5, 5.41) is 15.4. The highest BCUT2D eigenvalue weighted by molar-refractivity contribution is 6.30. The van der Waals surface area contributed by atoms with E-state index in [1.165, 1.54) is 5.56 Å². The molecule has 122 valence electrons. The van der Waals surface area contributed by atoms with E-state index in [1.54, 1.807) is 0 Å². The number of aliphatic hydroxyl groups is 1. The second kappa shape index (κ2) is 7.63. The SMILES string of the molecule is OC(CNCc1ccccc1)(c1ccccc1)c1ccc(Cl)cc1. The topological polar surface area (TPSA) is 32.3 Å². The monoisotopic (exact) mass is 337 g/mol. The Kier molecular flexibility index (Phi) is 5.31. The molecule has 0 aliphatic heterocycles. The summed E-state index contributed by atoms with van der Waals surface area (Å²) in [6, 6.07) is 27.2. The van der Waals surface area contributed by atoms with Crippen LogP contribution in [0.2, 0.25) is 5.02 Å². The molecule has 0 aliphatic carbocycles. The lowest BCUT2D eigenvalue weighted by Gasteiger charge is -2.30. The zero-order chi connectivity index (χ0) is 16.8. The molecule has 0 bridgehead atoms. The number of benzene rings is 3. The minimum Gasteiger partial charge on any atom is -0.379 e. The van der Waals surface area contributed by atoms with E-state index in [4.69, 9.17) is 11.6 Å². The smallest absolute Gasteiger partial charge is 0.127 e. The number of nitrogens with one attached hydrogen (secondary N) is 1. The highest BCUT2D eigenvalue weighted by atomic mass is 35.5. The molecule has 0 amide bonds. The van der Waals surface area contributed by atoms with Crippen molar-refractivity contribution in [2.75, 3.05) is 6.54 Å². The van der Waals surface area contributed by atoms with Crippen LogP contribution < -0.4 is 5.32 Å². The average molecular weight is 338 g/mol. The summed E-state index contributed by atoms with van der Waals surface area (Å²) in [6.45, 7) is 1.11. The normalized spacial score (nSPS) is 13.4. The van der Waals surface area contributed by atoms with Crippen LogP contribution in [0, 0.1) is 0 Å². The molecule has 2 N–H and O–H groups in total. The molecule has 1 atom stereocenters. The predicted octanol–water partition coefficient (Wildman–Crippen LogP) is 4.37. The zero-order valence-corrected chi connectivity index (χ0v) is 14.1. The lowest BCUT2D eigenvalue weighted by molar-refractivity contribution is 0.0796. The molecule has 3 rings (SSSR count). The third-order valence-corrected chi connectivity index (χ3v) is 4.38. The van der Waals surface area contributed by atoms with E-state index in [2.05, 4.69) is 17.4 Å². The Morgan fingerprint density at radius 2 is 1.29 bits per heavy atom. The Labute approximate surface area is 147 Å². The van der Waals surface area contributed by atoms with Crippen molar-refractivity contribution in [3.63, 3.8) is 0 Å². The maximum Gasteiger partial charge on any atom is 0.127 e. The molecule has 0 saturated carbocycles. The maximum atomic E-state index is 11.4. The molecule has 0 saturated heterocycles. The summed E-state index contributed by atoms with van der Waals surface area (Å²) in [5.41, 5.74) is 1.75. The molecule has 0 fully saturated rings. The molecule has 0 aliphatic rings. The maximum absolute atomic E-state index is 11.4. The Morgan fingerprint density at radius 1 is 0.750 bits per heavy atom. The zero-order valence-electron chi connectivity index (χ0n) is 13.3. The minimum absolute atomic E-state index is 0.410. The van der Waals surface area contributed by atoms with Gasteiger partial charge < -0.3 is 10.4 Å². The largest absolute Gasteiger partial charge is 0.379 e. The fourth-order valence-corrected chi connectivity index (χ4v) is 2.92. The van der Waals surface area contributed by atoms with Gasteiger partial charge in [-0.15, -0.1) is 0 Å². The number of rotatable bonds is 6. The van der Waals surface area contributed by atoms with Crippen LogP contribution in [-0.2, 0) is 12.1 Å². The molecular weight excluding hydrogens is 318 g/mol. The van der Waals surface area contributed by atoms with Crippen LogP contribution in [0.25, 0.3) is 0 Å². The first-order valence-corrected chi connectivity index (χ1v) is 8.35. The minimum atomic E-state index is -1.11. The van der Waals surface area contributed by atoms with Crippen molar-refractivity contribution in [1.82, 2.24) is 5.32 Å². The Bertz CT molecular complexity index is 759. The van der Waals surface area contributed by atoms with Crippen LogP contribution in [0.1, 0.15) is 16.7 Å². The van der Waals surface area contributed by atoms with Crippen molar-refractivity contribution in [1.29, 1.82) is 0 Å². The van der Waals surface area contributed by atoms with Crippen LogP contribution in [-0.4, -0.2) is 11.7 Å². The standard InChI is InChI=1S/C21H20ClNO/c22-20-13-11-19(12-14-20)21(24,18-9-5-2-6-10-18)16-23-15-17-7-3-1-4-8-17/h1-14,23-24H,15-16H2. The first-order valence-electron chi connectivity index (χ1n) is 7.97. The van der Waals surface area contributed by atoms with Gasteiger partial charge >= 0.3 is 0 Å². The molecule has 3 heteroatoms. The fraction of sp³-hybridized carbons (Fsp3) is 0.143. The van der Waals surface area contributed by atoms with Crippen LogP contribution in [0.5, 0.6) is 0 Å². The van der Waals surface area contributed by atoms with E-state index in [0.29, 0.717) is 18.1 Å². The highest BCUT2D eigenvalue weighted by Crippen LogP contribution is 2.30. The summed E-state index contributed by atoms with van der Waals surface area (Å²) >= 11 is 5.99. The van der Waals surface area contributed by atoms with Gasteiger partial charge in [0.05, 0.1) is 0 Å². The summed E-state index contributed by atoms with van der Waals surface area (Å²) in [5.74, 6) is 0. The van der Waals surface area contributed by atoms with E-state index in [-0.39, 0.29) is 0 Å². The van der Waals surface area contributed by atoms with Crippen molar-refractivity contribution < 1.29 is 5.11 Å². The molecule has 24 heavy (non-hydrogen) atoms. The van der Waals surface area contributed by atoms with Gasteiger partial charge in [0, 0.05) is 18.1 Å². The molecule has 0 spiro atoms. The van der Waals surface area contributed by atoms with Gasteiger partial charge in [0.15, 0.2) is 0 Å². The Hall–Kier alpha value is -2.13. The van der Waals surface area contributed by atoms with Gasteiger partial charge in [0.25, 0.3) is 0 Å². The summed E-state index contributed by atoms with van der Waals surface area (Å²) in [4.78, 5) is 0. The Balaban J connectivity index is 1.83. The second-order valence-corrected chi connectivity index (χ2v) is 6.26. The molecule has 1 unspecified atom stereocenters. The van der Waals surface area contributed by atoms with Crippen LogP contribution >= 0.6 is 11.6 Å². The van der Waals surface area contributed by atoms with Gasteiger partial charge in [-0.2, -0.15) is 0 Å². The lowest BCUT2D eigenvalue weighted by atomic mass is 9.86. The van der Waals surface area contributed by atoms with Crippen molar-refractivity contribution >= 4 is 11.6 Å². The summed E-state index contributed by atoms with van der Waals surface area (Å²) in [6.07, 6.45) is 0. The third-order valence-electron chi connectivity index (χ3n) is 4.13. The molecule has 3 aromatic rings. The van der Waals surface area contributed by atoms with E-state index >= 15 is 0 Å².